The Morgan fingerprint density at radius 2 is 1.96 bits per heavy atom. The van der Waals surface area contributed by atoms with E-state index in [1.165, 1.54) is 6.07 Å². The molecule has 6 nitrogen and oxygen atoms in total. The maximum absolute atomic E-state index is 12.6. The predicted molar refractivity (Wildman–Crippen MR) is 89.3 cm³/mol. The van der Waals surface area contributed by atoms with Crippen LogP contribution in [0.2, 0.25) is 0 Å². The highest BCUT2D eigenvalue weighted by Gasteiger charge is 2.26. The number of hydrogen-bond acceptors (Lipinski definition) is 5. The zero-order chi connectivity index (χ0) is 17.3. The van der Waals surface area contributed by atoms with Crippen molar-refractivity contribution >= 4 is 16.9 Å². The molecule has 0 spiro atoms. The van der Waals surface area contributed by atoms with E-state index in [2.05, 4.69) is 0 Å². The van der Waals surface area contributed by atoms with Crippen molar-refractivity contribution in [3.63, 3.8) is 0 Å². The van der Waals surface area contributed by atoms with Gasteiger partial charge in [0.1, 0.15) is 11.3 Å². The van der Waals surface area contributed by atoms with Gasteiger partial charge in [-0.3, -0.25) is 4.79 Å². The number of rotatable bonds is 3. The summed E-state index contributed by atoms with van der Waals surface area (Å²) in [6.07, 6.45) is 0.188. The van der Waals surface area contributed by atoms with Crippen molar-refractivity contribution in [1.29, 1.82) is 0 Å². The molecule has 0 radical (unpaired) electrons. The SMILES string of the molecule is COc1ccc2c(CC(=O)N3C[C@@H](C)O[C@@H](C)C3)cc(=O)oc2c1. The number of methoxy groups -OCH3 is 1. The van der Waals surface area contributed by atoms with Crippen LogP contribution in [0.4, 0.5) is 0 Å². The highest BCUT2D eigenvalue weighted by Crippen LogP contribution is 2.23. The molecule has 1 aromatic carbocycles. The van der Waals surface area contributed by atoms with Crippen LogP contribution in [0.5, 0.6) is 5.75 Å². The summed E-state index contributed by atoms with van der Waals surface area (Å²) in [4.78, 5) is 26.3. The van der Waals surface area contributed by atoms with E-state index in [0.29, 0.717) is 30.0 Å². The Labute approximate surface area is 140 Å². The van der Waals surface area contributed by atoms with E-state index in [1.54, 1.807) is 24.1 Å². The number of hydrogen-bond donors (Lipinski definition) is 0. The summed E-state index contributed by atoms with van der Waals surface area (Å²) >= 11 is 0. The molecule has 1 amide bonds. The molecule has 1 aliphatic rings. The van der Waals surface area contributed by atoms with Crippen molar-refractivity contribution in [1.82, 2.24) is 4.90 Å². The van der Waals surface area contributed by atoms with E-state index in [9.17, 15) is 9.59 Å². The lowest BCUT2D eigenvalue weighted by molar-refractivity contribution is -0.142. The first-order valence-corrected chi connectivity index (χ1v) is 8.00. The molecule has 0 aliphatic carbocycles. The maximum atomic E-state index is 12.6. The summed E-state index contributed by atoms with van der Waals surface area (Å²) in [5, 5.41) is 0.748. The topological polar surface area (TPSA) is 69.0 Å². The zero-order valence-electron chi connectivity index (χ0n) is 14.1. The van der Waals surface area contributed by atoms with E-state index < -0.39 is 5.63 Å². The van der Waals surface area contributed by atoms with Crippen LogP contribution in [0.25, 0.3) is 11.0 Å². The zero-order valence-corrected chi connectivity index (χ0v) is 14.1. The van der Waals surface area contributed by atoms with Crippen molar-refractivity contribution in [2.45, 2.75) is 32.5 Å². The summed E-state index contributed by atoms with van der Waals surface area (Å²) in [6.45, 7) is 5.04. The van der Waals surface area contributed by atoms with Crippen molar-refractivity contribution in [2.24, 2.45) is 0 Å². The third-order valence-corrected chi connectivity index (χ3v) is 4.15. The van der Waals surface area contributed by atoms with Gasteiger partial charge in [0.05, 0.1) is 25.7 Å². The van der Waals surface area contributed by atoms with Gasteiger partial charge in [-0.05, 0) is 31.5 Å². The summed E-state index contributed by atoms with van der Waals surface area (Å²) in [5.74, 6) is 0.588. The Hall–Kier alpha value is -2.34. The van der Waals surface area contributed by atoms with E-state index in [4.69, 9.17) is 13.9 Å². The summed E-state index contributed by atoms with van der Waals surface area (Å²) in [5.41, 5.74) is 0.622. The lowest BCUT2D eigenvalue weighted by Gasteiger charge is -2.35. The largest absolute Gasteiger partial charge is 0.497 e. The van der Waals surface area contributed by atoms with E-state index in [1.807, 2.05) is 19.9 Å². The number of fused-ring (bicyclic) bond motifs is 1. The van der Waals surface area contributed by atoms with Crippen LogP contribution in [0.3, 0.4) is 0 Å². The molecule has 1 saturated heterocycles. The molecule has 1 fully saturated rings. The summed E-state index contributed by atoms with van der Waals surface area (Å²) in [7, 11) is 1.55. The van der Waals surface area contributed by atoms with E-state index in [-0.39, 0.29) is 24.5 Å². The first kappa shape index (κ1) is 16.5. The highest BCUT2D eigenvalue weighted by molar-refractivity contribution is 5.87. The van der Waals surface area contributed by atoms with Gasteiger partial charge in [0.25, 0.3) is 0 Å². The number of nitrogens with zero attached hydrogens (tertiary/aromatic N) is 1. The second-order valence-corrected chi connectivity index (χ2v) is 6.19. The average molecular weight is 331 g/mol. The van der Waals surface area contributed by atoms with Gasteiger partial charge in [0.15, 0.2) is 0 Å². The first-order valence-electron chi connectivity index (χ1n) is 8.00. The van der Waals surface area contributed by atoms with E-state index in [0.717, 1.165) is 5.39 Å². The van der Waals surface area contributed by atoms with Crippen molar-refractivity contribution in [3.05, 3.63) is 40.2 Å². The van der Waals surface area contributed by atoms with Gasteiger partial charge in [-0.1, -0.05) is 0 Å². The smallest absolute Gasteiger partial charge is 0.336 e. The molecular formula is C18H21NO5. The minimum atomic E-state index is -0.470. The molecular weight excluding hydrogens is 310 g/mol. The van der Waals surface area contributed by atoms with Gasteiger partial charge in [-0.15, -0.1) is 0 Å². The fourth-order valence-electron chi connectivity index (χ4n) is 3.14. The number of amides is 1. The molecule has 2 heterocycles. The molecule has 1 aliphatic heterocycles. The molecule has 0 saturated carbocycles. The van der Waals surface area contributed by atoms with Gasteiger partial charge in [0, 0.05) is 30.6 Å². The number of carbonyl (C=O) groups excluding carboxylic acids is 1. The Balaban J connectivity index is 1.89. The monoisotopic (exact) mass is 331 g/mol. The van der Waals surface area contributed by atoms with Gasteiger partial charge in [0.2, 0.25) is 5.91 Å². The lowest BCUT2D eigenvalue weighted by Crippen LogP contribution is -2.48. The number of benzene rings is 1. The Kier molecular flexibility index (Phi) is 4.57. The lowest BCUT2D eigenvalue weighted by atomic mass is 10.1. The Morgan fingerprint density at radius 1 is 1.25 bits per heavy atom. The molecule has 0 N–H and O–H groups in total. The molecule has 3 rings (SSSR count). The minimum absolute atomic E-state index is 0.0135. The summed E-state index contributed by atoms with van der Waals surface area (Å²) in [6, 6.07) is 6.64. The molecule has 0 unspecified atom stereocenters. The maximum Gasteiger partial charge on any atom is 0.336 e. The van der Waals surface area contributed by atoms with Gasteiger partial charge in [-0.25, -0.2) is 4.79 Å². The fraction of sp³-hybridized carbons (Fsp3) is 0.444. The molecule has 6 heteroatoms. The number of ether oxygens (including phenoxy) is 2. The van der Waals surface area contributed by atoms with Gasteiger partial charge in [-0.2, -0.15) is 0 Å². The first-order chi connectivity index (χ1) is 11.5. The van der Waals surface area contributed by atoms with Crippen molar-refractivity contribution in [2.75, 3.05) is 20.2 Å². The van der Waals surface area contributed by atoms with Gasteiger partial charge < -0.3 is 18.8 Å². The fourth-order valence-corrected chi connectivity index (χ4v) is 3.14. The second-order valence-electron chi connectivity index (χ2n) is 6.19. The standard InChI is InChI=1S/C18H21NO5/c1-11-9-19(10-12(2)23-11)17(20)6-13-7-18(21)24-16-8-14(22-3)4-5-15(13)16/h4-5,7-8,11-12H,6,9-10H2,1-3H3/t11-,12+. The third kappa shape index (κ3) is 3.43. The quantitative estimate of drug-likeness (QED) is 0.805. The predicted octanol–water partition coefficient (Wildman–Crippen LogP) is 1.98. The highest BCUT2D eigenvalue weighted by atomic mass is 16.5. The normalized spacial score (nSPS) is 21.0. The second kappa shape index (κ2) is 6.65. The number of morpholine rings is 1. The molecule has 1 aromatic heterocycles. The van der Waals surface area contributed by atoms with Crippen LogP contribution in [0.15, 0.2) is 33.5 Å². The molecule has 128 valence electrons. The van der Waals surface area contributed by atoms with Crippen molar-refractivity contribution < 1.29 is 18.7 Å². The van der Waals surface area contributed by atoms with Crippen LogP contribution in [0, 0.1) is 0 Å². The minimum Gasteiger partial charge on any atom is -0.497 e. The Morgan fingerprint density at radius 3 is 2.62 bits per heavy atom. The van der Waals surface area contributed by atoms with Crippen LogP contribution < -0.4 is 10.4 Å². The summed E-state index contributed by atoms with van der Waals surface area (Å²) < 4.78 is 16.0. The van der Waals surface area contributed by atoms with Crippen LogP contribution >= 0.6 is 0 Å². The number of carbonyl (C=O) groups is 1. The van der Waals surface area contributed by atoms with Crippen molar-refractivity contribution in [3.8, 4) is 5.75 Å². The van der Waals surface area contributed by atoms with Crippen LogP contribution in [-0.4, -0.2) is 43.2 Å². The molecule has 2 atom stereocenters. The Bertz CT molecular complexity index is 803. The van der Waals surface area contributed by atoms with Gasteiger partial charge >= 0.3 is 5.63 Å². The van der Waals surface area contributed by atoms with E-state index >= 15 is 0 Å². The average Bonchev–Trinajstić information content (AvgIpc) is 2.53. The third-order valence-electron chi connectivity index (χ3n) is 4.15. The molecule has 24 heavy (non-hydrogen) atoms. The molecule has 2 aromatic rings. The molecule has 0 bridgehead atoms. The van der Waals surface area contributed by atoms with Crippen LogP contribution in [0.1, 0.15) is 19.4 Å². The van der Waals surface area contributed by atoms with Crippen LogP contribution in [-0.2, 0) is 16.0 Å².